The first-order valence-corrected chi connectivity index (χ1v) is 8.82. The normalized spacial score (nSPS) is 23.0. The van der Waals surface area contributed by atoms with Crippen molar-refractivity contribution in [2.75, 3.05) is 26.2 Å². The fraction of sp³-hybridized carbons (Fsp3) is 0.667. The molecule has 1 atom stereocenters. The summed E-state index contributed by atoms with van der Waals surface area (Å²) in [6.45, 7) is 4.11. The van der Waals surface area contributed by atoms with E-state index in [1.165, 1.54) is 18.4 Å². The molecule has 2 saturated heterocycles. The predicted molar refractivity (Wildman–Crippen MR) is 89.1 cm³/mol. The van der Waals surface area contributed by atoms with E-state index in [9.17, 15) is 4.79 Å². The monoisotopic (exact) mass is 317 g/mol. The van der Waals surface area contributed by atoms with Crippen molar-refractivity contribution in [3.8, 4) is 0 Å². The number of carbonyl (C=O) groups excluding carboxylic acids is 1. The number of amides is 1. The molecule has 1 aromatic heterocycles. The Labute approximate surface area is 138 Å². The summed E-state index contributed by atoms with van der Waals surface area (Å²) < 4.78 is 5.71. The minimum Gasteiger partial charge on any atom is -0.377 e. The van der Waals surface area contributed by atoms with Gasteiger partial charge >= 0.3 is 0 Å². The van der Waals surface area contributed by atoms with Crippen molar-refractivity contribution in [3.63, 3.8) is 0 Å². The number of piperidine rings is 1. The van der Waals surface area contributed by atoms with E-state index in [4.69, 9.17) is 4.74 Å². The summed E-state index contributed by atoms with van der Waals surface area (Å²) in [6, 6.07) is 4.27. The van der Waals surface area contributed by atoms with E-state index in [1.807, 2.05) is 12.1 Å². The molecular formula is C18H27N3O2. The molecule has 0 aliphatic carbocycles. The summed E-state index contributed by atoms with van der Waals surface area (Å²) in [6.07, 6.45) is 9.82. The van der Waals surface area contributed by atoms with Crippen molar-refractivity contribution in [1.82, 2.24) is 15.2 Å². The zero-order chi connectivity index (χ0) is 15.9. The molecule has 2 fully saturated rings. The number of likely N-dealkylation sites (tertiary alicyclic amines) is 1. The van der Waals surface area contributed by atoms with Gasteiger partial charge in [0.1, 0.15) is 0 Å². The van der Waals surface area contributed by atoms with Crippen LogP contribution in [0.1, 0.15) is 37.7 Å². The molecule has 5 nitrogen and oxygen atoms in total. The third-order valence-electron chi connectivity index (χ3n) is 4.83. The quantitative estimate of drug-likeness (QED) is 0.869. The maximum absolute atomic E-state index is 12.1. The average Bonchev–Trinajstić information content (AvgIpc) is 3.09. The van der Waals surface area contributed by atoms with Gasteiger partial charge in [-0.2, -0.15) is 0 Å². The van der Waals surface area contributed by atoms with E-state index >= 15 is 0 Å². The fourth-order valence-electron chi connectivity index (χ4n) is 3.44. The van der Waals surface area contributed by atoms with Crippen LogP contribution < -0.4 is 5.32 Å². The van der Waals surface area contributed by atoms with Crippen LogP contribution in [-0.2, 0) is 16.0 Å². The van der Waals surface area contributed by atoms with Crippen molar-refractivity contribution in [2.24, 2.45) is 0 Å². The van der Waals surface area contributed by atoms with E-state index in [2.05, 4.69) is 15.2 Å². The van der Waals surface area contributed by atoms with Gasteiger partial charge in [-0.15, -0.1) is 0 Å². The van der Waals surface area contributed by atoms with Gasteiger partial charge in [-0.25, -0.2) is 0 Å². The van der Waals surface area contributed by atoms with Gasteiger partial charge in [-0.3, -0.25) is 9.78 Å². The molecule has 0 unspecified atom stereocenters. The van der Waals surface area contributed by atoms with Gasteiger partial charge in [-0.05, 0) is 49.8 Å². The molecule has 3 heterocycles. The van der Waals surface area contributed by atoms with Crippen LogP contribution in [0.3, 0.4) is 0 Å². The number of hydrogen-bond acceptors (Lipinski definition) is 4. The molecule has 5 heteroatoms. The third-order valence-corrected chi connectivity index (χ3v) is 4.83. The number of aromatic nitrogens is 1. The van der Waals surface area contributed by atoms with Crippen molar-refractivity contribution in [2.45, 2.75) is 50.7 Å². The summed E-state index contributed by atoms with van der Waals surface area (Å²) >= 11 is 0. The zero-order valence-corrected chi connectivity index (χ0v) is 13.7. The highest BCUT2D eigenvalue weighted by atomic mass is 16.5. The van der Waals surface area contributed by atoms with E-state index in [1.54, 1.807) is 12.4 Å². The number of carbonyl (C=O) groups is 1. The summed E-state index contributed by atoms with van der Waals surface area (Å²) in [4.78, 5) is 18.6. The van der Waals surface area contributed by atoms with Gasteiger partial charge in [0.05, 0.1) is 6.10 Å². The predicted octanol–water partition coefficient (Wildman–Crippen LogP) is 1.77. The van der Waals surface area contributed by atoms with Gasteiger partial charge in [0.2, 0.25) is 5.91 Å². The fourth-order valence-corrected chi connectivity index (χ4v) is 3.44. The molecule has 0 radical (unpaired) electrons. The van der Waals surface area contributed by atoms with Gasteiger partial charge in [0, 0.05) is 51.1 Å². The standard InChI is InChI=1S/C18H27N3O2/c22-18(4-3-15-5-9-19-10-6-15)20-16-7-11-21(12-8-16)14-17-2-1-13-23-17/h5-6,9-10,16-17H,1-4,7-8,11-14H2,(H,20,22)/t17-/m1/s1. The van der Waals surface area contributed by atoms with E-state index < -0.39 is 0 Å². The van der Waals surface area contributed by atoms with Crippen LogP contribution in [0.5, 0.6) is 0 Å². The minimum atomic E-state index is 0.166. The number of rotatable bonds is 6. The smallest absolute Gasteiger partial charge is 0.220 e. The molecule has 23 heavy (non-hydrogen) atoms. The summed E-state index contributed by atoms with van der Waals surface area (Å²) in [5, 5.41) is 3.19. The van der Waals surface area contributed by atoms with Gasteiger partial charge in [-0.1, -0.05) is 0 Å². The Hall–Kier alpha value is -1.46. The minimum absolute atomic E-state index is 0.166. The highest BCUT2D eigenvalue weighted by Gasteiger charge is 2.24. The van der Waals surface area contributed by atoms with Crippen LogP contribution in [0.25, 0.3) is 0 Å². The topological polar surface area (TPSA) is 54.5 Å². The SMILES string of the molecule is O=C(CCc1ccncc1)NC1CCN(C[C@H]2CCCO2)CC1. The highest BCUT2D eigenvalue weighted by Crippen LogP contribution is 2.17. The van der Waals surface area contributed by atoms with E-state index in [0.717, 1.165) is 45.5 Å². The Morgan fingerprint density at radius 2 is 2.04 bits per heavy atom. The summed E-state index contributed by atoms with van der Waals surface area (Å²) in [7, 11) is 0. The lowest BCUT2D eigenvalue weighted by atomic mass is 10.0. The number of ether oxygens (including phenoxy) is 1. The van der Waals surface area contributed by atoms with Crippen molar-refractivity contribution >= 4 is 5.91 Å². The zero-order valence-electron chi connectivity index (χ0n) is 13.7. The van der Waals surface area contributed by atoms with Gasteiger partial charge in [0.15, 0.2) is 0 Å². The number of nitrogens with zero attached hydrogens (tertiary/aromatic N) is 2. The second-order valence-corrected chi connectivity index (χ2v) is 6.63. The maximum Gasteiger partial charge on any atom is 0.220 e. The Kier molecular flexibility index (Phi) is 6.00. The van der Waals surface area contributed by atoms with Crippen LogP contribution in [0.4, 0.5) is 0 Å². The average molecular weight is 317 g/mol. The molecule has 0 saturated carbocycles. The molecule has 2 aliphatic rings. The lowest BCUT2D eigenvalue weighted by Gasteiger charge is -2.33. The number of nitrogens with one attached hydrogen (secondary N) is 1. The molecule has 0 aromatic carbocycles. The van der Waals surface area contributed by atoms with Gasteiger partial charge < -0.3 is 15.0 Å². The van der Waals surface area contributed by atoms with Crippen LogP contribution in [0.2, 0.25) is 0 Å². The van der Waals surface area contributed by atoms with Crippen molar-refractivity contribution in [3.05, 3.63) is 30.1 Å². The van der Waals surface area contributed by atoms with E-state index in [-0.39, 0.29) is 5.91 Å². The molecular weight excluding hydrogens is 290 g/mol. The van der Waals surface area contributed by atoms with Crippen molar-refractivity contribution in [1.29, 1.82) is 0 Å². The number of aryl methyl sites for hydroxylation is 1. The molecule has 2 aliphatic heterocycles. The third kappa shape index (κ3) is 5.29. The van der Waals surface area contributed by atoms with Crippen LogP contribution in [-0.4, -0.2) is 54.2 Å². The highest BCUT2D eigenvalue weighted by molar-refractivity contribution is 5.76. The van der Waals surface area contributed by atoms with Crippen LogP contribution in [0, 0.1) is 0 Å². The Morgan fingerprint density at radius 3 is 2.74 bits per heavy atom. The molecule has 0 bridgehead atoms. The second-order valence-electron chi connectivity index (χ2n) is 6.63. The lowest BCUT2D eigenvalue weighted by Crippen LogP contribution is -2.46. The van der Waals surface area contributed by atoms with Crippen LogP contribution in [0.15, 0.2) is 24.5 Å². The van der Waals surface area contributed by atoms with Crippen LogP contribution >= 0.6 is 0 Å². The van der Waals surface area contributed by atoms with E-state index in [0.29, 0.717) is 18.6 Å². The largest absolute Gasteiger partial charge is 0.377 e. The Morgan fingerprint density at radius 1 is 1.26 bits per heavy atom. The lowest BCUT2D eigenvalue weighted by molar-refractivity contribution is -0.122. The van der Waals surface area contributed by atoms with Gasteiger partial charge in [0.25, 0.3) is 0 Å². The molecule has 1 amide bonds. The Bertz CT molecular complexity index is 480. The molecule has 1 N–H and O–H groups in total. The molecule has 3 rings (SSSR count). The molecule has 1 aromatic rings. The Balaban J connectivity index is 1.32. The summed E-state index contributed by atoms with van der Waals surface area (Å²) in [5.41, 5.74) is 1.17. The first kappa shape index (κ1) is 16.4. The molecule has 126 valence electrons. The molecule has 0 spiro atoms. The first-order chi connectivity index (χ1) is 11.3. The number of hydrogen-bond donors (Lipinski definition) is 1. The second kappa shape index (κ2) is 8.41. The van der Waals surface area contributed by atoms with Crippen molar-refractivity contribution < 1.29 is 9.53 Å². The maximum atomic E-state index is 12.1. The first-order valence-electron chi connectivity index (χ1n) is 8.82. The summed E-state index contributed by atoms with van der Waals surface area (Å²) in [5.74, 6) is 0.166. The number of pyridine rings is 1.